The molecule has 1 fully saturated rings. The summed E-state index contributed by atoms with van der Waals surface area (Å²) in [5.41, 5.74) is 0.486. The first-order valence-corrected chi connectivity index (χ1v) is 11.1. The molecule has 30 heavy (non-hydrogen) atoms. The zero-order valence-corrected chi connectivity index (χ0v) is 17.7. The van der Waals surface area contributed by atoms with Crippen molar-refractivity contribution in [3.63, 3.8) is 0 Å². The number of carbonyl (C=O) groups is 2. The molecule has 0 saturated heterocycles. The Balaban J connectivity index is 1.31. The van der Waals surface area contributed by atoms with Crippen molar-refractivity contribution in [2.24, 2.45) is 0 Å². The molecular weight excluding hydrogens is 406 g/mol. The van der Waals surface area contributed by atoms with Crippen LogP contribution in [-0.4, -0.2) is 45.2 Å². The van der Waals surface area contributed by atoms with Gasteiger partial charge in [-0.2, -0.15) is 0 Å². The van der Waals surface area contributed by atoms with Gasteiger partial charge >= 0.3 is 0 Å². The monoisotopic (exact) mass is 431 g/mol. The van der Waals surface area contributed by atoms with E-state index in [4.69, 9.17) is 9.47 Å². The second-order valence-corrected chi connectivity index (χ2v) is 8.17. The molecule has 2 amide bonds. The van der Waals surface area contributed by atoms with Crippen LogP contribution in [0.5, 0.6) is 11.5 Å². The molecule has 1 aliphatic heterocycles. The second kappa shape index (κ2) is 9.38. The first-order valence-electron chi connectivity index (χ1n) is 10.2. The zero-order chi connectivity index (χ0) is 20.9. The summed E-state index contributed by atoms with van der Waals surface area (Å²) in [6.07, 6.45) is 4.50. The number of thioether (sulfide) groups is 1. The lowest BCUT2D eigenvalue weighted by atomic mass is 10.2. The predicted molar refractivity (Wildman–Crippen MR) is 111 cm³/mol. The van der Waals surface area contributed by atoms with Crippen molar-refractivity contribution in [1.82, 2.24) is 25.4 Å². The number of nitrogens with zero attached hydrogens (tertiary/aromatic N) is 3. The maximum atomic E-state index is 12.5. The van der Waals surface area contributed by atoms with Gasteiger partial charge in [0.05, 0.1) is 12.3 Å². The number of nitrogens with one attached hydrogen (secondary N) is 2. The predicted octanol–water partition coefficient (Wildman–Crippen LogP) is 2.11. The maximum absolute atomic E-state index is 12.5. The Morgan fingerprint density at radius 3 is 2.80 bits per heavy atom. The van der Waals surface area contributed by atoms with Gasteiger partial charge in [0.25, 0.3) is 5.91 Å². The summed E-state index contributed by atoms with van der Waals surface area (Å²) in [6.45, 7) is 3.03. The molecule has 0 unspecified atom stereocenters. The van der Waals surface area contributed by atoms with Crippen LogP contribution in [-0.2, 0) is 17.9 Å². The molecule has 0 atom stereocenters. The van der Waals surface area contributed by atoms with Gasteiger partial charge in [0, 0.05) is 18.2 Å². The van der Waals surface area contributed by atoms with Gasteiger partial charge in [0.2, 0.25) is 12.7 Å². The molecule has 0 spiro atoms. The Morgan fingerprint density at radius 2 is 2.00 bits per heavy atom. The Labute approximate surface area is 178 Å². The van der Waals surface area contributed by atoms with E-state index in [-0.39, 0.29) is 25.2 Å². The summed E-state index contributed by atoms with van der Waals surface area (Å²) in [4.78, 5) is 24.6. The van der Waals surface area contributed by atoms with Crippen LogP contribution in [0.1, 0.15) is 48.8 Å². The highest BCUT2D eigenvalue weighted by molar-refractivity contribution is 7.99. The van der Waals surface area contributed by atoms with Crippen LogP contribution in [0.2, 0.25) is 0 Å². The minimum atomic E-state index is -0.232. The molecule has 2 heterocycles. The van der Waals surface area contributed by atoms with E-state index in [1.54, 1.807) is 18.2 Å². The summed E-state index contributed by atoms with van der Waals surface area (Å²) < 4.78 is 12.5. The molecule has 2 aromatic rings. The van der Waals surface area contributed by atoms with Gasteiger partial charge in [-0.25, -0.2) is 0 Å². The summed E-state index contributed by atoms with van der Waals surface area (Å²) in [5, 5.41) is 15.0. The summed E-state index contributed by atoms with van der Waals surface area (Å²) >= 11 is 1.36. The fraction of sp³-hybridized carbons (Fsp3) is 0.500. The average Bonchev–Trinajstić information content (AvgIpc) is 3.50. The van der Waals surface area contributed by atoms with Crippen molar-refractivity contribution in [3.8, 4) is 11.5 Å². The molecule has 1 aromatic carbocycles. The lowest BCUT2D eigenvalue weighted by Gasteiger charge is -2.12. The van der Waals surface area contributed by atoms with Crippen LogP contribution in [0.4, 0.5) is 0 Å². The largest absolute Gasteiger partial charge is 0.454 e. The maximum Gasteiger partial charge on any atom is 0.251 e. The summed E-state index contributed by atoms with van der Waals surface area (Å²) in [6, 6.07) is 5.38. The highest BCUT2D eigenvalue weighted by Gasteiger charge is 2.19. The Bertz CT molecular complexity index is 926. The molecule has 1 saturated carbocycles. The minimum Gasteiger partial charge on any atom is -0.454 e. The van der Waals surface area contributed by atoms with Crippen molar-refractivity contribution < 1.29 is 19.1 Å². The van der Waals surface area contributed by atoms with Crippen LogP contribution < -0.4 is 20.1 Å². The van der Waals surface area contributed by atoms with Crippen LogP contribution in [0, 0.1) is 0 Å². The fourth-order valence-electron chi connectivity index (χ4n) is 3.64. The van der Waals surface area contributed by atoms with Gasteiger partial charge < -0.3 is 24.7 Å². The Hall–Kier alpha value is -2.75. The number of benzene rings is 1. The van der Waals surface area contributed by atoms with E-state index in [0.29, 0.717) is 46.4 Å². The third kappa shape index (κ3) is 4.69. The van der Waals surface area contributed by atoms with Crippen molar-refractivity contribution >= 4 is 23.6 Å². The third-order valence-corrected chi connectivity index (χ3v) is 6.17. The summed E-state index contributed by atoms with van der Waals surface area (Å²) in [7, 11) is 0. The smallest absolute Gasteiger partial charge is 0.251 e. The molecule has 1 aromatic heterocycles. The van der Waals surface area contributed by atoms with Gasteiger partial charge in [-0.05, 0) is 38.0 Å². The van der Waals surface area contributed by atoms with Crippen molar-refractivity contribution in [1.29, 1.82) is 0 Å². The van der Waals surface area contributed by atoms with Gasteiger partial charge in [-0.3, -0.25) is 9.59 Å². The molecule has 10 heteroatoms. The van der Waals surface area contributed by atoms with E-state index in [0.717, 1.165) is 12.8 Å². The molecule has 4 rings (SSSR count). The lowest BCUT2D eigenvalue weighted by molar-refractivity contribution is -0.119. The molecule has 1 aliphatic carbocycles. The number of rotatable bonds is 8. The molecule has 9 nitrogen and oxygen atoms in total. The molecule has 2 aliphatic rings. The zero-order valence-electron chi connectivity index (χ0n) is 16.8. The molecular formula is C20H25N5O4S. The van der Waals surface area contributed by atoms with E-state index in [9.17, 15) is 9.59 Å². The van der Waals surface area contributed by atoms with Crippen molar-refractivity contribution in [2.75, 3.05) is 12.5 Å². The molecule has 0 bridgehead atoms. The topological polar surface area (TPSA) is 107 Å². The minimum absolute atomic E-state index is 0.0233. The Kier molecular flexibility index (Phi) is 6.41. The van der Waals surface area contributed by atoms with Crippen LogP contribution >= 0.6 is 11.8 Å². The SMILES string of the molecule is CCn1c(CNC(=O)c2ccc3c(c2)OCO3)nnc1SCC(=O)NC1CCCC1. The molecule has 2 N–H and O–H groups in total. The number of aromatic nitrogens is 3. The highest BCUT2D eigenvalue weighted by atomic mass is 32.2. The number of fused-ring (bicyclic) bond motifs is 1. The van der Waals surface area contributed by atoms with Gasteiger partial charge in [0.1, 0.15) is 0 Å². The fourth-order valence-corrected chi connectivity index (χ4v) is 4.48. The van der Waals surface area contributed by atoms with E-state index >= 15 is 0 Å². The van der Waals surface area contributed by atoms with Crippen LogP contribution in [0.25, 0.3) is 0 Å². The van der Waals surface area contributed by atoms with Gasteiger partial charge in [-0.15, -0.1) is 10.2 Å². The number of amides is 2. The first kappa shape index (κ1) is 20.5. The second-order valence-electron chi connectivity index (χ2n) is 7.23. The number of hydrogen-bond donors (Lipinski definition) is 2. The number of hydrogen-bond acceptors (Lipinski definition) is 7. The molecule has 0 radical (unpaired) electrons. The molecule has 160 valence electrons. The quantitative estimate of drug-likeness (QED) is 0.617. The summed E-state index contributed by atoms with van der Waals surface area (Å²) in [5.74, 6) is 1.94. The van der Waals surface area contributed by atoms with Gasteiger partial charge in [0.15, 0.2) is 22.5 Å². The number of carbonyl (C=O) groups excluding carboxylic acids is 2. The standard InChI is InChI=1S/C20H25N5O4S/c1-2-25-17(10-21-19(27)13-7-8-15-16(9-13)29-12-28-15)23-24-20(25)30-11-18(26)22-14-5-3-4-6-14/h7-9,14H,2-6,10-12H2,1H3,(H,21,27)(H,22,26). The van der Waals surface area contributed by atoms with Crippen molar-refractivity contribution in [2.45, 2.75) is 56.9 Å². The average molecular weight is 432 g/mol. The third-order valence-electron chi connectivity index (χ3n) is 5.20. The van der Waals surface area contributed by atoms with E-state index in [2.05, 4.69) is 20.8 Å². The van der Waals surface area contributed by atoms with E-state index < -0.39 is 0 Å². The van der Waals surface area contributed by atoms with Gasteiger partial charge in [-0.1, -0.05) is 24.6 Å². The first-order chi connectivity index (χ1) is 14.6. The van der Waals surface area contributed by atoms with Crippen molar-refractivity contribution in [3.05, 3.63) is 29.6 Å². The van der Waals surface area contributed by atoms with Crippen LogP contribution in [0.15, 0.2) is 23.4 Å². The number of ether oxygens (including phenoxy) is 2. The van der Waals surface area contributed by atoms with Crippen LogP contribution in [0.3, 0.4) is 0 Å². The Morgan fingerprint density at radius 1 is 1.20 bits per heavy atom. The van der Waals surface area contributed by atoms with E-state index in [1.165, 1.54) is 24.6 Å². The highest BCUT2D eigenvalue weighted by Crippen LogP contribution is 2.32. The lowest BCUT2D eigenvalue weighted by Crippen LogP contribution is -2.33. The normalized spacial score (nSPS) is 15.4. The van der Waals surface area contributed by atoms with E-state index in [1.807, 2.05) is 11.5 Å².